The van der Waals surface area contributed by atoms with E-state index < -0.39 is 0 Å². The molecule has 0 heterocycles. The third kappa shape index (κ3) is 6.09. The van der Waals surface area contributed by atoms with Gasteiger partial charge in [0.2, 0.25) is 0 Å². The summed E-state index contributed by atoms with van der Waals surface area (Å²) in [5, 5.41) is 0. The van der Waals surface area contributed by atoms with E-state index in [1.807, 2.05) is 13.8 Å². The van der Waals surface area contributed by atoms with Crippen molar-refractivity contribution in [3.8, 4) is 0 Å². The maximum Gasteiger partial charge on any atom is 0.303 e. The molecule has 0 aromatic carbocycles. The number of carbonyl (C=O) groups is 1. The largest absolute Gasteiger partial charge is 0.459 e. The van der Waals surface area contributed by atoms with Crippen LogP contribution in [0.5, 0.6) is 0 Å². The van der Waals surface area contributed by atoms with Gasteiger partial charge in [-0.25, -0.2) is 0 Å². The number of rotatable bonds is 7. The van der Waals surface area contributed by atoms with Crippen LogP contribution in [0, 0.1) is 5.92 Å². The second kappa shape index (κ2) is 10.6. The summed E-state index contributed by atoms with van der Waals surface area (Å²) in [6, 6.07) is 0. The van der Waals surface area contributed by atoms with Gasteiger partial charge in [0.25, 0.3) is 0 Å². The van der Waals surface area contributed by atoms with Crippen LogP contribution in [0.3, 0.4) is 0 Å². The topological polar surface area (TPSA) is 26.3 Å². The Labute approximate surface area is 108 Å². The lowest BCUT2D eigenvalue weighted by Crippen LogP contribution is -2.41. The first kappa shape index (κ1) is 18.8. The van der Waals surface area contributed by atoms with Crippen LogP contribution in [0.4, 0.5) is 0 Å². The lowest BCUT2D eigenvalue weighted by atomic mass is 9.78. The molecular weight excluding hydrogens is 212 g/mol. The third-order valence-electron chi connectivity index (χ3n) is 3.42. The lowest BCUT2D eigenvalue weighted by molar-refractivity contribution is -0.165. The van der Waals surface area contributed by atoms with Crippen LogP contribution in [0.15, 0.2) is 0 Å². The molecule has 0 fully saturated rings. The zero-order valence-electron chi connectivity index (χ0n) is 12.9. The summed E-state index contributed by atoms with van der Waals surface area (Å²) in [7, 11) is 0. The molecule has 0 bridgehead atoms. The molecule has 2 heteroatoms. The van der Waals surface area contributed by atoms with Crippen LogP contribution in [0.1, 0.15) is 80.6 Å². The molecule has 0 aliphatic carbocycles. The minimum absolute atomic E-state index is 0.145. The highest BCUT2D eigenvalue weighted by atomic mass is 16.6. The minimum atomic E-state index is -0.226. The zero-order chi connectivity index (χ0) is 13.9. The van der Waals surface area contributed by atoms with E-state index >= 15 is 0 Å². The Balaban J connectivity index is 0. The predicted molar refractivity (Wildman–Crippen MR) is 75.1 cm³/mol. The zero-order valence-corrected chi connectivity index (χ0v) is 12.9. The highest BCUT2D eigenvalue weighted by Crippen LogP contribution is 2.35. The normalized spacial score (nSPS) is 12.4. The molecule has 0 aliphatic heterocycles. The van der Waals surface area contributed by atoms with Crippen LogP contribution >= 0.6 is 0 Å². The molecule has 2 nitrogen and oxygen atoms in total. The van der Waals surface area contributed by atoms with E-state index in [0.717, 1.165) is 32.1 Å². The summed E-state index contributed by atoms with van der Waals surface area (Å²) in [6.45, 7) is 14.1. The Morgan fingerprint density at radius 3 is 1.82 bits per heavy atom. The summed E-state index contributed by atoms with van der Waals surface area (Å²) in [5.74, 6) is 0.356. The van der Waals surface area contributed by atoms with Gasteiger partial charge in [0.15, 0.2) is 0 Å². The van der Waals surface area contributed by atoms with Crippen molar-refractivity contribution in [3.05, 3.63) is 0 Å². The molecule has 0 saturated carbocycles. The average Bonchev–Trinajstić information content (AvgIpc) is 2.35. The maximum absolute atomic E-state index is 11.2. The predicted octanol–water partition coefficient (Wildman–Crippen LogP) is 4.96. The summed E-state index contributed by atoms with van der Waals surface area (Å²) in [6.07, 6.45) is 5.22. The molecule has 0 saturated heterocycles. The summed E-state index contributed by atoms with van der Waals surface area (Å²) < 4.78 is 5.60. The van der Waals surface area contributed by atoms with Crippen LogP contribution in [0.25, 0.3) is 0 Å². The van der Waals surface area contributed by atoms with E-state index in [-0.39, 0.29) is 11.6 Å². The molecule has 0 amide bonds. The molecule has 0 radical (unpaired) electrons. The molecule has 0 aliphatic rings. The molecule has 0 spiro atoms. The smallest absolute Gasteiger partial charge is 0.303 e. The van der Waals surface area contributed by atoms with Gasteiger partial charge in [0, 0.05) is 6.92 Å². The standard InChI is InChI=1S/C13H26O2.C2H6/c1-6-10-12(7-2)13(8-3,9-4)15-11(5)14;1-2/h12H,6-10H2,1-5H3;1-2H3. The Morgan fingerprint density at radius 1 is 1.12 bits per heavy atom. The average molecular weight is 244 g/mol. The van der Waals surface area contributed by atoms with Crippen LogP contribution in [0.2, 0.25) is 0 Å². The van der Waals surface area contributed by atoms with Crippen molar-refractivity contribution in [1.82, 2.24) is 0 Å². The molecule has 0 aromatic heterocycles. The SMILES string of the molecule is CC.CCCC(CC)C(CC)(CC)OC(C)=O. The van der Waals surface area contributed by atoms with E-state index in [9.17, 15) is 4.79 Å². The van der Waals surface area contributed by atoms with Gasteiger partial charge in [0.05, 0.1) is 0 Å². The molecular formula is C15H32O2. The third-order valence-corrected chi connectivity index (χ3v) is 3.42. The van der Waals surface area contributed by atoms with Crippen molar-refractivity contribution >= 4 is 5.97 Å². The molecule has 104 valence electrons. The van der Waals surface area contributed by atoms with Crippen LogP contribution < -0.4 is 0 Å². The first-order valence-electron chi connectivity index (χ1n) is 7.25. The van der Waals surface area contributed by atoms with E-state index in [1.54, 1.807) is 0 Å². The molecule has 0 N–H and O–H groups in total. The van der Waals surface area contributed by atoms with Crippen molar-refractivity contribution in [2.24, 2.45) is 5.92 Å². The van der Waals surface area contributed by atoms with Gasteiger partial charge in [-0.2, -0.15) is 0 Å². The van der Waals surface area contributed by atoms with E-state index in [4.69, 9.17) is 4.74 Å². The second-order valence-corrected chi connectivity index (χ2v) is 4.26. The lowest BCUT2D eigenvalue weighted by Gasteiger charge is -2.38. The van der Waals surface area contributed by atoms with Crippen molar-refractivity contribution in [2.45, 2.75) is 86.2 Å². The minimum Gasteiger partial charge on any atom is -0.459 e. The highest BCUT2D eigenvalue weighted by molar-refractivity contribution is 5.66. The number of hydrogen-bond donors (Lipinski definition) is 0. The van der Waals surface area contributed by atoms with Gasteiger partial charge in [-0.05, 0) is 31.6 Å². The number of hydrogen-bond acceptors (Lipinski definition) is 2. The van der Waals surface area contributed by atoms with Gasteiger partial charge >= 0.3 is 5.97 Å². The maximum atomic E-state index is 11.2. The fourth-order valence-corrected chi connectivity index (χ4v) is 2.53. The number of carbonyl (C=O) groups excluding carboxylic acids is 1. The Bertz CT molecular complexity index is 183. The highest BCUT2D eigenvalue weighted by Gasteiger charge is 2.36. The van der Waals surface area contributed by atoms with Gasteiger partial charge in [-0.1, -0.05) is 48.0 Å². The van der Waals surface area contributed by atoms with E-state index in [2.05, 4.69) is 27.7 Å². The molecule has 1 atom stereocenters. The fraction of sp³-hybridized carbons (Fsp3) is 0.933. The molecule has 0 aromatic rings. The molecule has 0 rings (SSSR count). The first-order valence-corrected chi connectivity index (χ1v) is 7.25. The van der Waals surface area contributed by atoms with Crippen LogP contribution in [-0.2, 0) is 9.53 Å². The van der Waals surface area contributed by atoms with Crippen molar-refractivity contribution in [1.29, 1.82) is 0 Å². The summed E-state index contributed by atoms with van der Waals surface area (Å²) in [5.41, 5.74) is -0.226. The van der Waals surface area contributed by atoms with Crippen molar-refractivity contribution in [3.63, 3.8) is 0 Å². The van der Waals surface area contributed by atoms with Gasteiger partial charge in [-0.3, -0.25) is 4.79 Å². The second-order valence-electron chi connectivity index (χ2n) is 4.26. The Hall–Kier alpha value is -0.530. The van der Waals surface area contributed by atoms with Gasteiger partial charge in [-0.15, -0.1) is 0 Å². The Morgan fingerprint density at radius 2 is 1.59 bits per heavy atom. The van der Waals surface area contributed by atoms with Crippen molar-refractivity contribution < 1.29 is 9.53 Å². The van der Waals surface area contributed by atoms with Crippen LogP contribution in [-0.4, -0.2) is 11.6 Å². The fourth-order valence-electron chi connectivity index (χ4n) is 2.53. The van der Waals surface area contributed by atoms with E-state index in [1.165, 1.54) is 6.92 Å². The van der Waals surface area contributed by atoms with Gasteiger partial charge < -0.3 is 4.74 Å². The quantitative estimate of drug-likeness (QED) is 0.592. The summed E-state index contributed by atoms with van der Waals surface area (Å²) in [4.78, 5) is 11.2. The molecule has 17 heavy (non-hydrogen) atoms. The molecule has 1 unspecified atom stereocenters. The monoisotopic (exact) mass is 244 g/mol. The summed E-state index contributed by atoms with van der Waals surface area (Å²) >= 11 is 0. The van der Waals surface area contributed by atoms with E-state index in [0.29, 0.717) is 5.92 Å². The Kier molecular flexibility index (Phi) is 11.8. The number of esters is 1. The van der Waals surface area contributed by atoms with Gasteiger partial charge in [0.1, 0.15) is 5.60 Å². The van der Waals surface area contributed by atoms with Crippen molar-refractivity contribution in [2.75, 3.05) is 0 Å². The number of ether oxygens (including phenoxy) is 1. The first-order chi connectivity index (χ1) is 8.06.